The molecule has 2 atom stereocenters. The monoisotopic (exact) mass is 270 g/mol. The Kier molecular flexibility index (Phi) is 6.12. The lowest BCUT2D eigenvalue weighted by molar-refractivity contribution is -0.137. The van der Waals surface area contributed by atoms with Crippen LogP contribution in [0.15, 0.2) is 0 Å². The van der Waals surface area contributed by atoms with E-state index in [1.807, 2.05) is 13.8 Å². The van der Waals surface area contributed by atoms with Gasteiger partial charge in [0.15, 0.2) is 0 Å². The van der Waals surface area contributed by atoms with E-state index in [0.717, 1.165) is 12.8 Å². The summed E-state index contributed by atoms with van der Waals surface area (Å²) in [5, 5.41) is 11.7. The number of carbonyl (C=O) groups excluding carboxylic acids is 1. The van der Waals surface area contributed by atoms with Gasteiger partial charge in [0, 0.05) is 25.0 Å². The van der Waals surface area contributed by atoms with Crippen LogP contribution in [-0.2, 0) is 4.79 Å². The Bertz CT molecular complexity index is 318. The summed E-state index contributed by atoms with van der Waals surface area (Å²) in [5.74, 6) is -0.170. The molecule has 1 aliphatic carbocycles. The quantitative estimate of drug-likeness (QED) is 0.712. The molecule has 0 aromatic heterocycles. The van der Waals surface area contributed by atoms with Gasteiger partial charge < -0.3 is 15.3 Å². The molecule has 2 amide bonds. The minimum atomic E-state index is -0.811. The summed E-state index contributed by atoms with van der Waals surface area (Å²) in [5.41, 5.74) is 0. The number of carbonyl (C=O) groups is 2. The predicted octanol–water partition coefficient (Wildman–Crippen LogP) is 2.46. The molecule has 0 aromatic rings. The zero-order valence-corrected chi connectivity index (χ0v) is 12.2. The Labute approximate surface area is 115 Å². The van der Waals surface area contributed by atoms with E-state index in [9.17, 15) is 9.59 Å². The summed E-state index contributed by atoms with van der Waals surface area (Å²) >= 11 is 0. The van der Waals surface area contributed by atoms with Crippen molar-refractivity contribution in [1.82, 2.24) is 10.2 Å². The number of amides is 2. The lowest BCUT2D eigenvalue weighted by Crippen LogP contribution is -2.45. The minimum absolute atomic E-state index is 0.0519. The predicted molar refractivity (Wildman–Crippen MR) is 74.0 cm³/mol. The molecule has 1 rings (SSSR count). The fourth-order valence-corrected chi connectivity index (χ4v) is 2.35. The molecular weight excluding hydrogens is 244 g/mol. The highest BCUT2D eigenvalue weighted by molar-refractivity contribution is 5.75. The van der Waals surface area contributed by atoms with Crippen LogP contribution in [0.1, 0.15) is 52.9 Å². The van der Waals surface area contributed by atoms with Gasteiger partial charge in [-0.25, -0.2) is 4.79 Å². The van der Waals surface area contributed by atoms with Crippen LogP contribution < -0.4 is 5.32 Å². The summed E-state index contributed by atoms with van der Waals surface area (Å²) in [6, 6.07) is 0.370. The van der Waals surface area contributed by atoms with Gasteiger partial charge in [0.1, 0.15) is 0 Å². The van der Waals surface area contributed by atoms with E-state index in [1.165, 1.54) is 6.42 Å². The van der Waals surface area contributed by atoms with Crippen LogP contribution in [0.3, 0.4) is 0 Å². The van der Waals surface area contributed by atoms with Crippen LogP contribution in [0.2, 0.25) is 0 Å². The molecule has 1 aliphatic rings. The Hall–Kier alpha value is -1.26. The Morgan fingerprint density at radius 2 is 2.11 bits per heavy atom. The van der Waals surface area contributed by atoms with Crippen LogP contribution >= 0.6 is 0 Å². The van der Waals surface area contributed by atoms with Gasteiger partial charge in [-0.1, -0.05) is 13.3 Å². The highest BCUT2D eigenvalue weighted by Crippen LogP contribution is 2.34. The second kappa shape index (κ2) is 7.36. The van der Waals surface area contributed by atoms with Crippen LogP contribution in [0.25, 0.3) is 0 Å². The van der Waals surface area contributed by atoms with Gasteiger partial charge >= 0.3 is 12.0 Å². The molecule has 110 valence electrons. The van der Waals surface area contributed by atoms with E-state index in [-0.39, 0.29) is 18.5 Å². The maximum Gasteiger partial charge on any atom is 0.317 e. The number of aliphatic carboxylic acids is 1. The highest BCUT2D eigenvalue weighted by Gasteiger charge is 2.38. The fourth-order valence-electron chi connectivity index (χ4n) is 2.35. The van der Waals surface area contributed by atoms with Crippen molar-refractivity contribution in [2.24, 2.45) is 5.92 Å². The van der Waals surface area contributed by atoms with Crippen molar-refractivity contribution in [1.29, 1.82) is 0 Å². The first kappa shape index (κ1) is 15.8. The molecule has 0 spiro atoms. The maximum absolute atomic E-state index is 12.1. The average Bonchev–Trinajstić information content (AvgIpc) is 3.02. The number of nitrogens with one attached hydrogen (secondary N) is 1. The van der Waals surface area contributed by atoms with Crippen molar-refractivity contribution in [2.75, 3.05) is 6.54 Å². The topological polar surface area (TPSA) is 69.6 Å². The van der Waals surface area contributed by atoms with Crippen molar-refractivity contribution in [3.05, 3.63) is 0 Å². The van der Waals surface area contributed by atoms with Crippen LogP contribution in [0.4, 0.5) is 4.79 Å². The summed E-state index contributed by atoms with van der Waals surface area (Å²) < 4.78 is 0. The first-order chi connectivity index (χ1) is 8.95. The number of nitrogens with zero attached hydrogens (tertiary/aromatic N) is 1. The molecule has 5 heteroatoms. The zero-order chi connectivity index (χ0) is 14.4. The number of carboxylic acid groups (broad SMARTS) is 1. The molecular formula is C14H26N2O3. The molecule has 5 nitrogen and oxygen atoms in total. The average molecular weight is 270 g/mol. The number of carboxylic acids is 1. The first-order valence-electron chi connectivity index (χ1n) is 7.24. The minimum Gasteiger partial charge on any atom is -0.481 e. The normalized spacial score (nSPS) is 21.3. The van der Waals surface area contributed by atoms with Crippen molar-refractivity contribution in [3.8, 4) is 0 Å². The number of hydrogen-bond acceptors (Lipinski definition) is 2. The number of hydrogen-bond donors (Lipinski definition) is 2. The third kappa shape index (κ3) is 5.49. The third-order valence-corrected chi connectivity index (χ3v) is 3.56. The number of urea groups is 1. The van der Waals surface area contributed by atoms with E-state index in [1.54, 1.807) is 4.90 Å². The second-order valence-electron chi connectivity index (χ2n) is 5.62. The third-order valence-electron chi connectivity index (χ3n) is 3.56. The van der Waals surface area contributed by atoms with Gasteiger partial charge in [0.25, 0.3) is 0 Å². The standard InChI is InChI=1S/C14H26N2O3/c1-4-6-11-9-12(11)15-14(19)16(10(2)3)8-5-7-13(17)18/h10-12H,4-9H2,1-3H3,(H,15,19)(H,17,18). The molecule has 1 saturated carbocycles. The molecule has 1 fully saturated rings. The van der Waals surface area contributed by atoms with Gasteiger partial charge in [0.05, 0.1) is 0 Å². The van der Waals surface area contributed by atoms with E-state index < -0.39 is 5.97 Å². The SMILES string of the molecule is CCCC1CC1NC(=O)N(CCCC(=O)O)C(C)C. The van der Waals surface area contributed by atoms with E-state index in [4.69, 9.17) is 5.11 Å². The second-order valence-corrected chi connectivity index (χ2v) is 5.62. The highest BCUT2D eigenvalue weighted by atomic mass is 16.4. The van der Waals surface area contributed by atoms with Gasteiger partial charge in [-0.3, -0.25) is 4.79 Å². The van der Waals surface area contributed by atoms with Crippen LogP contribution in [-0.4, -0.2) is 40.6 Å². The molecule has 19 heavy (non-hydrogen) atoms. The van der Waals surface area contributed by atoms with Crippen LogP contribution in [0.5, 0.6) is 0 Å². The zero-order valence-electron chi connectivity index (χ0n) is 12.2. The molecule has 0 aliphatic heterocycles. The lowest BCUT2D eigenvalue weighted by Gasteiger charge is -2.27. The summed E-state index contributed by atoms with van der Waals surface area (Å²) in [6.45, 7) is 6.57. The molecule has 0 heterocycles. The largest absolute Gasteiger partial charge is 0.481 e. The molecule has 2 N–H and O–H groups in total. The van der Waals surface area contributed by atoms with Gasteiger partial charge in [-0.05, 0) is 39.0 Å². The van der Waals surface area contributed by atoms with Gasteiger partial charge in [-0.2, -0.15) is 0 Å². The van der Waals surface area contributed by atoms with Crippen molar-refractivity contribution in [2.45, 2.75) is 65.0 Å². The molecule has 0 bridgehead atoms. The van der Waals surface area contributed by atoms with Crippen molar-refractivity contribution in [3.63, 3.8) is 0 Å². The van der Waals surface area contributed by atoms with Crippen molar-refractivity contribution >= 4 is 12.0 Å². The van der Waals surface area contributed by atoms with E-state index in [0.29, 0.717) is 24.9 Å². The lowest BCUT2D eigenvalue weighted by atomic mass is 10.2. The summed E-state index contributed by atoms with van der Waals surface area (Å²) in [4.78, 5) is 24.4. The Balaban J connectivity index is 2.34. The van der Waals surface area contributed by atoms with Gasteiger partial charge in [0.2, 0.25) is 0 Å². The van der Waals surface area contributed by atoms with Crippen molar-refractivity contribution < 1.29 is 14.7 Å². The molecule has 2 unspecified atom stereocenters. The van der Waals surface area contributed by atoms with E-state index >= 15 is 0 Å². The Morgan fingerprint density at radius 3 is 2.63 bits per heavy atom. The summed E-state index contributed by atoms with van der Waals surface area (Å²) in [7, 11) is 0. The van der Waals surface area contributed by atoms with E-state index in [2.05, 4.69) is 12.2 Å². The molecule has 0 radical (unpaired) electrons. The maximum atomic E-state index is 12.1. The molecule has 0 aromatic carbocycles. The smallest absolute Gasteiger partial charge is 0.317 e. The Morgan fingerprint density at radius 1 is 1.42 bits per heavy atom. The van der Waals surface area contributed by atoms with Gasteiger partial charge in [-0.15, -0.1) is 0 Å². The molecule has 0 saturated heterocycles. The van der Waals surface area contributed by atoms with Crippen LogP contribution in [0, 0.1) is 5.92 Å². The first-order valence-corrected chi connectivity index (χ1v) is 7.24. The number of rotatable bonds is 8. The fraction of sp³-hybridized carbons (Fsp3) is 0.857. The summed E-state index contributed by atoms with van der Waals surface area (Å²) in [6.07, 6.45) is 4.03.